The van der Waals surface area contributed by atoms with Gasteiger partial charge in [0.05, 0.1) is 0 Å². The Morgan fingerprint density at radius 1 is 1.46 bits per heavy atom. The van der Waals surface area contributed by atoms with E-state index in [1.165, 1.54) is 0 Å². The Hall–Kier alpha value is -1.22. The average Bonchev–Trinajstić information content (AvgIpc) is 2.09. The average molecular weight is 200 g/mol. The van der Waals surface area contributed by atoms with Crippen LogP contribution < -0.4 is 10.1 Å². The molecule has 0 atom stereocenters. The maximum Gasteiger partial charge on any atom is 0.412 e. The molecular formula is C9H10ClNO2. The van der Waals surface area contributed by atoms with Crippen LogP contribution in [0.25, 0.3) is 0 Å². The highest BCUT2D eigenvalue weighted by Gasteiger charge is 2.00. The molecule has 0 bridgehead atoms. The first-order valence-electron chi connectivity index (χ1n) is 3.93. The Morgan fingerprint density at radius 2 is 2.08 bits per heavy atom. The van der Waals surface area contributed by atoms with Gasteiger partial charge in [-0.2, -0.15) is 0 Å². The Morgan fingerprint density at radius 3 is 2.62 bits per heavy atom. The van der Waals surface area contributed by atoms with Crippen LogP contribution >= 0.6 is 11.6 Å². The molecule has 4 heteroatoms. The highest BCUT2D eigenvalue weighted by atomic mass is 35.5. The van der Waals surface area contributed by atoms with Crippen molar-refractivity contribution in [3.8, 4) is 5.75 Å². The number of ether oxygens (including phenoxy) is 1. The van der Waals surface area contributed by atoms with Crippen LogP contribution in [0.4, 0.5) is 4.79 Å². The number of carbonyl (C=O) groups is 1. The van der Waals surface area contributed by atoms with E-state index in [0.29, 0.717) is 17.3 Å². The molecule has 0 saturated heterocycles. The molecule has 0 aliphatic carbocycles. The third-order valence-electron chi connectivity index (χ3n) is 1.35. The minimum atomic E-state index is -0.454. The SMILES string of the molecule is CCNC(=O)Oc1ccc(Cl)cc1. The second-order valence-electron chi connectivity index (χ2n) is 2.37. The number of carbonyl (C=O) groups excluding carboxylic acids is 1. The van der Waals surface area contributed by atoms with Gasteiger partial charge < -0.3 is 10.1 Å². The van der Waals surface area contributed by atoms with Crippen LogP contribution in [0.2, 0.25) is 5.02 Å². The predicted octanol–water partition coefficient (Wildman–Crippen LogP) is 2.45. The van der Waals surface area contributed by atoms with Crippen LogP contribution in [0.1, 0.15) is 6.92 Å². The van der Waals surface area contributed by atoms with Gasteiger partial charge in [0.1, 0.15) is 5.75 Å². The van der Waals surface area contributed by atoms with Crippen LogP contribution in [-0.2, 0) is 0 Å². The van der Waals surface area contributed by atoms with E-state index in [9.17, 15) is 4.79 Å². The minimum Gasteiger partial charge on any atom is -0.410 e. The van der Waals surface area contributed by atoms with E-state index in [0.717, 1.165) is 0 Å². The molecule has 1 N–H and O–H groups in total. The van der Waals surface area contributed by atoms with Gasteiger partial charge in [-0.1, -0.05) is 11.6 Å². The summed E-state index contributed by atoms with van der Waals surface area (Å²) in [5.74, 6) is 0.482. The van der Waals surface area contributed by atoms with Gasteiger partial charge in [-0.3, -0.25) is 0 Å². The number of rotatable bonds is 2. The van der Waals surface area contributed by atoms with Crippen molar-refractivity contribution in [2.45, 2.75) is 6.92 Å². The zero-order valence-corrected chi connectivity index (χ0v) is 7.97. The van der Waals surface area contributed by atoms with Crippen molar-refractivity contribution in [2.75, 3.05) is 6.54 Å². The number of amides is 1. The molecule has 0 saturated carbocycles. The van der Waals surface area contributed by atoms with Crippen molar-refractivity contribution >= 4 is 17.7 Å². The fraction of sp³-hybridized carbons (Fsp3) is 0.222. The quantitative estimate of drug-likeness (QED) is 0.795. The molecule has 0 aromatic heterocycles. The Labute approximate surface area is 81.7 Å². The summed E-state index contributed by atoms with van der Waals surface area (Å²) in [6.07, 6.45) is -0.454. The third-order valence-corrected chi connectivity index (χ3v) is 1.60. The first-order chi connectivity index (χ1) is 6.22. The molecule has 1 rings (SSSR count). The normalized spacial score (nSPS) is 9.38. The molecule has 0 aliphatic rings. The lowest BCUT2D eigenvalue weighted by atomic mass is 10.3. The topological polar surface area (TPSA) is 38.3 Å². The van der Waals surface area contributed by atoms with Gasteiger partial charge in [-0.25, -0.2) is 4.79 Å². The van der Waals surface area contributed by atoms with E-state index in [1.807, 2.05) is 6.92 Å². The summed E-state index contributed by atoms with van der Waals surface area (Å²) in [4.78, 5) is 10.9. The van der Waals surface area contributed by atoms with E-state index >= 15 is 0 Å². The Balaban J connectivity index is 2.54. The minimum absolute atomic E-state index is 0.454. The van der Waals surface area contributed by atoms with Crippen molar-refractivity contribution in [1.29, 1.82) is 0 Å². The summed E-state index contributed by atoms with van der Waals surface area (Å²) >= 11 is 5.65. The van der Waals surface area contributed by atoms with Gasteiger partial charge in [0.2, 0.25) is 0 Å². The second kappa shape index (κ2) is 4.72. The van der Waals surface area contributed by atoms with Gasteiger partial charge in [0, 0.05) is 11.6 Å². The van der Waals surface area contributed by atoms with Crippen LogP contribution in [0.5, 0.6) is 5.75 Å². The van der Waals surface area contributed by atoms with Crippen molar-refractivity contribution in [2.24, 2.45) is 0 Å². The summed E-state index contributed by atoms with van der Waals surface area (Å²) < 4.78 is 4.90. The van der Waals surface area contributed by atoms with E-state index in [4.69, 9.17) is 16.3 Å². The van der Waals surface area contributed by atoms with Crippen LogP contribution in [0, 0.1) is 0 Å². The lowest BCUT2D eigenvalue weighted by Gasteiger charge is -2.03. The molecule has 0 heterocycles. The van der Waals surface area contributed by atoms with Gasteiger partial charge in [0.15, 0.2) is 0 Å². The summed E-state index contributed by atoms with van der Waals surface area (Å²) in [5.41, 5.74) is 0. The highest BCUT2D eigenvalue weighted by molar-refractivity contribution is 6.30. The molecule has 0 aliphatic heterocycles. The van der Waals surface area contributed by atoms with Gasteiger partial charge in [0.25, 0.3) is 0 Å². The molecule has 0 unspecified atom stereocenters. The van der Waals surface area contributed by atoms with Crippen LogP contribution in [0.15, 0.2) is 24.3 Å². The molecule has 1 aromatic rings. The zero-order chi connectivity index (χ0) is 9.68. The van der Waals surface area contributed by atoms with Gasteiger partial charge in [-0.15, -0.1) is 0 Å². The van der Waals surface area contributed by atoms with E-state index in [1.54, 1.807) is 24.3 Å². The summed E-state index contributed by atoms with van der Waals surface area (Å²) in [6.45, 7) is 2.37. The standard InChI is InChI=1S/C9H10ClNO2/c1-2-11-9(12)13-8-5-3-7(10)4-6-8/h3-6H,2H2,1H3,(H,11,12). The Kier molecular flexibility index (Phi) is 3.58. The maximum atomic E-state index is 10.9. The summed E-state index contributed by atoms with van der Waals surface area (Å²) in [7, 11) is 0. The fourth-order valence-electron chi connectivity index (χ4n) is 0.790. The molecule has 3 nitrogen and oxygen atoms in total. The van der Waals surface area contributed by atoms with E-state index in [-0.39, 0.29) is 0 Å². The number of hydrogen-bond donors (Lipinski definition) is 1. The molecule has 0 radical (unpaired) electrons. The molecular weight excluding hydrogens is 190 g/mol. The van der Waals surface area contributed by atoms with Crippen molar-refractivity contribution in [1.82, 2.24) is 5.32 Å². The first kappa shape index (κ1) is 9.86. The third kappa shape index (κ3) is 3.34. The second-order valence-corrected chi connectivity index (χ2v) is 2.81. The van der Waals surface area contributed by atoms with E-state index in [2.05, 4.69) is 5.32 Å². The monoisotopic (exact) mass is 199 g/mol. The summed E-state index contributed by atoms with van der Waals surface area (Å²) in [6, 6.07) is 6.60. The number of hydrogen-bond acceptors (Lipinski definition) is 2. The summed E-state index contributed by atoms with van der Waals surface area (Å²) in [5, 5.41) is 3.13. The van der Waals surface area contributed by atoms with Crippen LogP contribution in [-0.4, -0.2) is 12.6 Å². The number of halogens is 1. The highest BCUT2D eigenvalue weighted by Crippen LogP contribution is 2.15. The van der Waals surface area contributed by atoms with Crippen molar-refractivity contribution in [3.05, 3.63) is 29.3 Å². The van der Waals surface area contributed by atoms with Crippen molar-refractivity contribution < 1.29 is 9.53 Å². The lowest BCUT2D eigenvalue weighted by molar-refractivity contribution is 0.201. The number of nitrogens with one attached hydrogen (secondary N) is 1. The molecule has 0 fully saturated rings. The lowest BCUT2D eigenvalue weighted by Crippen LogP contribution is -2.26. The van der Waals surface area contributed by atoms with Crippen molar-refractivity contribution in [3.63, 3.8) is 0 Å². The fourth-order valence-corrected chi connectivity index (χ4v) is 0.916. The molecule has 13 heavy (non-hydrogen) atoms. The van der Waals surface area contributed by atoms with E-state index < -0.39 is 6.09 Å². The first-order valence-corrected chi connectivity index (χ1v) is 4.31. The van der Waals surface area contributed by atoms with Crippen LogP contribution in [0.3, 0.4) is 0 Å². The molecule has 70 valence electrons. The maximum absolute atomic E-state index is 10.9. The largest absolute Gasteiger partial charge is 0.412 e. The van der Waals surface area contributed by atoms with Gasteiger partial charge in [-0.05, 0) is 31.2 Å². The molecule has 1 aromatic carbocycles. The predicted molar refractivity (Wildman–Crippen MR) is 51.2 cm³/mol. The molecule has 0 spiro atoms. The zero-order valence-electron chi connectivity index (χ0n) is 7.21. The van der Waals surface area contributed by atoms with Gasteiger partial charge >= 0.3 is 6.09 Å². The molecule has 1 amide bonds. The smallest absolute Gasteiger partial charge is 0.410 e. The Bertz CT molecular complexity index is 284. The number of benzene rings is 1.